The van der Waals surface area contributed by atoms with E-state index in [1.165, 1.54) is 20.0 Å². The summed E-state index contributed by atoms with van der Waals surface area (Å²) in [5.74, 6) is 0.105. The molecular formula is C12H22N2O2. The van der Waals surface area contributed by atoms with Crippen molar-refractivity contribution in [3.05, 3.63) is 0 Å². The van der Waals surface area contributed by atoms with Gasteiger partial charge in [-0.15, -0.1) is 0 Å². The summed E-state index contributed by atoms with van der Waals surface area (Å²) in [7, 11) is 1.48. The van der Waals surface area contributed by atoms with E-state index >= 15 is 0 Å². The second-order valence-electron chi connectivity index (χ2n) is 4.87. The highest BCUT2D eigenvalue weighted by Gasteiger charge is 2.25. The number of piperidine rings is 1. The molecule has 4 nitrogen and oxygen atoms in total. The Bertz CT molecular complexity index is 233. The second kappa shape index (κ2) is 5.64. The van der Waals surface area contributed by atoms with E-state index < -0.39 is 0 Å². The van der Waals surface area contributed by atoms with E-state index in [1.807, 2.05) is 0 Å². The Balaban J connectivity index is 1.58. The molecule has 0 aromatic carbocycles. The highest BCUT2D eigenvalue weighted by atomic mass is 16.5. The van der Waals surface area contributed by atoms with Crippen LogP contribution in [0.5, 0.6) is 0 Å². The van der Waals surface area contributed by atoms with Gasteiger partial charge in [-0.25, -0.2) is 0 Å². The van der Waals surface area contributed by atoms with E-state index in [2.05, 4.69) is 10.2 Å². The van der Waals surface area contributed by atoms with Gasteiger partial charge in [-0.2, -0.15) is 0 Å². The number of rotatable bonds is 5. The monoisotopic (exact) mass is 226 g/mol. The van der Waals surface area contributed by atoms with Crippen LogP contribution in [0.3, 0.4) is 0 Å². The van der Waals surface area contributed by atoms with Crippen molar-refractivity contribution in [2.75, 3.05) is 33.3 Å². The van der Waals surface area contributed by atoms with Crippen LogP contribution in [0.15, 0.2) is 0 Å². The fraction of sp³-hybridized carbons (Fsp3) is 0.917. The predicted molar refractivity (Wildman–Crippen MR) is 62.2 cm³/mol. The van der Waals surface area contributed by atoms with Gasteiger partial charge in [0, 0.05) is 19.1 Å². The number of ether oxygens (including phenoxy) is 1. The number of nitrogens with one attached hydrogen (secondary N) is 1. The molecule has 1 N–H and O–H groups in total. The van der Waals surface area contributed by atoms with Gasteiger partial charge in [-0.3, -0.25) is 4.79 Å². The van der Waals surface area contributed by atoms with E-state index in [0.717, 1.165) is 45.1 Å². The van der Waals surface area contributed by atoms with Crippen molar-refractivity contribution in [3.63, 3.8) is 0 Å². The van der Waals surface area contributed by atoms with E-state index in [4.69, 9.17) is 4.74 Å². The Kier molecular flexibility index (Phi) is 4.18. The Morgan fingerprint density at radius 2 is 2.00 bits per heavy atom. The lowest BCUT2D eigenvalue weighted by molar-refractivity contribution is -0.147. The lowest BCUT2D eigenvalue weighted by Crippen LogP contribution is -2.40. The van der Waals surface area contributed by atoms with Gasteiger partial charge in [0.05, 0.1) is 13.0 Å². The maximum atomic E-state index is 11.3. The van der Waals surface area contributed by atoms with Gasteiger partial charge in [0.2, 0.25) is 0 Å². The Morgan fingerprint density at radius 3 is 2.56 bits per heavy atom. The number of hydrogen-bond donors (Lipinski definition) is 1. The van der Waals surface area contributed by atoms with Crippen LogP contribution in [0.1, 0.15) is 25.7 Å². The molecule has 0 aromatic rings. The highest BCUT2D eigenvalue weighted by Crippen LogP contribution is 2.19. The van der Waals surface area contributed by atoms with Crippen LogP contribution in [0, 0.1) is 5.92 Å². The number of likely N-dealkylation sites (tertiary alicyclic amines) is 1. The van der Waals surface area contributed by atoms with Crippen molar-refractivity contribution in [3.8, 4) is 0 Å². The van der Waals surface area contributed by atoms with Gasteiger partial charge in [0.1, 0.15) is 0 Å². The molecule has 2 aliphatic rings. The van der Waals surface area contributed by atoms with Gasteiger partial charge in [0.15, 0.2) is 0 Å². The van der Waals surface area contributed by atoms with E-state index in [-0.39, 0.29) is 11.9 Å². The molecular weight excluding hydrogens is 204 g/mol. The minimum Gasteiger partial charge on any atom is -0.469 e. The van der Waals surface area contributed by atoms with E-state index in [0.29, 0.717) is 0 Å². The van der Waals surface area contributed by atoms with Crippen LogP contribution in [-0.4, -0.2) is 50.2 Å². The third kappa shape index (κ3) is 3.46. The van der Waals surface area contributed by atoms with Crippen LogP contribution in [0.4, 0.5) is 0 Å². The summed E-state index contributed by atoms with van der Waals surface area (Å²) in [5.41, 5.74) is 0. The minimum atomic E-state index is -0.0317. The molecule has 16 heavy (non-hydrogen) atoms. The van der Waals surface area contributed by atoms with Gasteiger partial charge >= 0.3 is 5.97 Å². The number of nitrogens with zero attached hydrogens (tertiary/aromatic N) is 1. The number of carbonyl (C=O) groups is 1. The molecule has 1 aliphatic heterocycles. The summed E-state index contributed by atoms with van der Waals surface area (Å²) in [5, 5.41) is 3.52. The highest BCUT2D eigenvalue weighted by molar-refractivity contribution is 5.72. The van der Waals surface area contributed by atoms with E-state index in [1.54, 1.807) is 0 Å². The summed E-state index contributed by atoms with van der Waals surface area (Å²) in [6.45, 7) is 4.27. The van der Waals surface area contributed by atoms with Gasteiger partial charge in [-0.05, 0) is 38.8 Å². The zero-order valence-corrected chi connectivity index (χ0v) is 10.1. The summed E-state index contributed by atoms with van der Waals surface area (Å²) < 4.78 is 4.78. The SMILES string of the molecule is COC(=O)C1CCN(CCNC2CC2)CC1. The maximum absolute atomic E-state index is 11.3. The lowest BCUT2D eigenvalue weighted by atomic mass is 9.97. The van der Waals surface area contributed by atoms with Crippen LogP contribution < -0.4 is 5.32 Å². The largest absolute Gasteiger partial charge is 0.469 e. The maximum Gasteiger partial charge on any atom is 0.308 e. The third-order valence-corrected chi connectivity index (χ3v) is 3.56. The Morgan fingerprint density at radius 1 is 1.31 bits per heavy atom. The molecule has 4 heteroatoms. The molecule has 0 aromatic heterocycles. The molecule has 1 heterocycles. The molecule has 1 aliphatic carbocycles. The van der Waals surface area contributed by atoms with Gasteiger partial charge < -0.3 is 15.0 Å². The lowest BCUT2D eigenvalue weighted by Gasteiger charge is -2.30. The number of carbonyl (C=O) groups excluding carboxylic acids is 1. The minimum absolute atomic E-state index is 0.0317. The second-order valence-corrected chi connectivity index (χ2v) is 4.87. The van der Waals surface area contributed by atoms with Crippen molar-refractivity contribution < 1.29 is 9.53 Å². The quantitative estimate of drug-likeness (QED) is 0.698. The molecule has 0 atom stereocenters. The fourth-order valence-corrected chi connectivity index (χ4v) is 2.27. The van der Waals surface area contributed by atoms with Crippen LogP contribution in [0.2, 0.25) is 0 Å². The summed E-state index contributed by atoms with van der Waals surface area (Å²) in [6.07, 6.45) is 4.61. The number of methoxy groups -OCH3 is 1. The number of esters is 1. The normalized spacial score (nSPS) is 23.3. The first-order valence-corrected chi connectivity index (χ1v) is 6.33. The zero-order valence-electron chi connectivity index (χ0n) is 10.1. The average Bonchev–Trinajstić information content (AvgIpc) is 3.13. The van der Waals surface area contributed by atoms with Crippen molar-refractivity contribution in [2.24, 2.45) is 5.92 Å². The molecule has 0 radical (unpaired) electrons. The van der Waals surface area contributed by atoms with Crippen molar-refractivity contribution in [1.82, 2.24) is 10.2 Å². The van der Waals surface area contributed by atoms with Crippen molar-refractivity contribution in [2.45, 2.75) is 31.7 Å². The third-order valence-electron chi connectivity index (χ3n) is 3.56. The topological polar surface area (TPSA) is 41.6 Å². The summed E-state index contributed by atoms with van der Waals surface area (Å²) in [4.78, 5) is 13.8. The summed E-state index contributed by atoms with van der Waals surface area (Å²) >= 11 is 0. The molecule has 0 spiro atoms. The predicted octanol–water partition coefficient (Wildman–Crippen LogP) is 0.623. The smallest absolute Gasteiger partial charge is 0.308 e. The fourth-order valence-electron chi connectivity index (χ4n) is 2.27. The standard InChI is InChI=1S/C12H22N2O2/c1-16-12(15)10-4-7-14(8-5-10)9-6-13-11-2-3-11/h10-11,13H,2-9H2,1H3. The molecule has 0 unspecified atom stereocenters. The van der Waals surface area contributed by atoms with Gasteiger partial charge in [-0.1, -0.05) is 0 Å². The first-order chi connectivity index (χ1) is 7.79. The van der Waals surface area contributed by atoms with Crippen molar-refractivity contribution >= 4 is 5.97 Å². The molecule has 0 bridgehead atoms. The molecule has 2 rings (SSSR count). The van der Waals surface area contributed by atoms with E-state index in [9.17, 15) is 4.79 Å². The first kappa shape index (κ1) is 11.9. The Hall–Kier alpha value is -0.610. The molecule has 92 valence electrons. The van der Waals surface area contributed by atoms with Crippen molar-refractivity contribution in [1.29, 1.82) is 0 Å². The van der Waals surface area contributed by atoms with Crippen LogP contribution in [0.25, 0.3) is 0 Å². The summed E-state index contributed by atoms with van der Waals surface area (Å²) in [6, 6.07) is 0.799. The zero-order chi connectivity index (χ0) is 11.4. The molecule has 1 saturated heterocycles. The van der Waals surface area contributed by atoms with Crippen LogP contribution >= 0.6 is 0 Å². The molecule has 0 amide bonds. The number of hydrogen-bond acceptors (Lipinski definition) is 4. The first-order valence-electron chi connectivity index (χ1n) is 6.33. The average molecular weight is 226 g/mol. The van der Waals surface area contributed by atoms with Gasteiger partial charge in [0.25, 0.3) is 0 Å². The molecule has 2 fully saturated rings. The Labute approximate surface area is 97.3 Å². The molecule has 1 saturated carbocycles. The van der Waals surface area contributed by atoms with Crippen LogP contribution in [-0.2, 0) is 9.53 Å².